The smallest absolute Gasteiger partial charge is 0.134 e. The molecule has 82 valence electrons. The van der Waals surface area contributed by atoms with Gasteiger partial charge in [-0.15, -0.1) is 0 Å². The van der Waals surface area contributed by atoms with Crippen molar-refractivity contribution in [1.29, 1.82) is 0 Å². The van der Waals surface area contributed by atoms with Crippen molar-refractivity contribution in [3.05, 3.63) is 17.0 Å². The van der Waals surface area contributed by atoms with Crippen LogP contribution in [0.5, 0.6) is 0 Å². The molecule has 1 aromatic heterocycles. The Morgan fingerprint density at radius 1 is 1.60 bits per heavy atom. The summed E-state index contributed by atoms with van der Waals surface area (Å²) in [5.41, 5.74) is 0. The Kier molecular flexibility index (Phi) is 3.05. The normalized spacial score (nSPS) is 21.0. The molecule has 0 N–H and O–H groups in total. The Morgan fingerprint density at radius 2 is 2.40 bits per heavy atom. The lowest BCUT2D eigenvalue weighted by atomic mass is 10.1. The van der Waals surface area contributed by atoms with Gasteiger partial charge in [0, 0.05) is 25.1 Å². The summed E-state index contributed by atoms with van der Waals surface area (Å²) in [5, 5.41) is 0.446. The van der Waals surface area contributed by atoms with Gasteiger partial charge in [-0.2, -0.15) is 0 Å². The topological polar surface area (TPSA) is 29.0 Å². The molecule has 3 nitrogen and oxygen atoms in total. The van der Waals surface area contributed by atoms with Crippen molar-refractivity contribution in [2.24, 2.45) is 5.92 Å². The van der Waals surface area contributed by atoms with E-state index >= 15 is 0 Å². The predicted octanol–water partition coefficient (Wildman–Crippen LogP) is 2.23. The van der Waals surface area contributed by atoms with Crippen molar-refractivity contribution in [3.63, 3.8) is 0 Å². The van der Waals surface area contributed by atoms with E-state index in [1.54, 1.807) is 13.0 Å². The monoisotopic (exact) mass is 229 g/mol. The maximum Gasteiger partial charge on any atom is 0.134 e. The van der Waals surface area contributed by atoms with Gasteiger partial charge in [0.05, 0.1) is 6.67 Å². The second-order valence-electron chi connectivity index (χ2n) is 3.85. The van der Waals surface area contributed by atoms with Crippen LogP contribution in [0.4, 0.5) is 10.2 Å². The third-order valence-corrected chi connectivity index (χ3v) is 2.81. The van der Waals surface area contributed by atoms with Crippen LogP contribution >= 0.6 is 11.6 Å². The average molecular weight is 230 g/mol. The fraction of sp³-hybridized carbons (Fsp3) is 0.600. The summed E-state index contributed by atoms with van der Waals surface area (Å²) in [4.78, 5) is 10.4. The molecule has 0 spiro atoms. The van der Waals surface area contributed by atoms with Crippen LogP contribution in [-0.2, 0) is 0 Å². The molecule has 15 heavy (non-hydrogen) atoms. The van der Waals surface area contributed by atoms with Crippen molar-refractivity contribution in [2.75, 3.05) is 24.7 Å². The first-order valence-electron chi connectivity index (χ1n) is 5.01. The van der Waals surface area contributed by atoms with E-state index in [0.29, 0.717) is 11.0 Å². The molecule has 0 amide bonds. The highest BCUT2D eigenvalue weighted by molar-refractivity contribution is 6.29. The zero-order valence-corrected chi connectivity index (χ0v) is 9.34. The lowest BCUT2D eigenvalue weighted by molar-refractivity contribution is 0.384. The van der Waals surface area contributed by atoms with Gasteiger partial charge < -0.3 is 4.90 Å². The highest BCUT2D eigenvalue weighted by Gasteiger charge is 2.23. The van der Waals surface area contributed by atoms with E-state index in [0.717, 1.165) is 25.3 Å². The Morgan fingerprint density at radius 3 is 3.00 bits per heavy atom. The molecule has 0 radical (unpaired) electrons. The molecule has 1 saturated heterocycles. The first kappa shape index (κ1) is 10.6. The molecular weight excluding hydrogens is 217 g/mol. The van der Waals surface area contributed by atoms with Gasteiger partial charge >= 0.3 is 0 Å². The van der Waals surface area contributed by atoms with E-state index in [2.05, 4.69) is 14.9 Å². The number of alkyl halides is 1. The zero-order valence-electron chi connectivity index (χ0n) is 8.58. The summed E-state index contributed by atoms with van der Waals surface area (Å²) in [7, 11) is 0. The van der Waals surface area contributed by atoms with E-state index in [-0.39, 0.29) is 12.6 Å². The van der Waals surface area contributed by atoms with Crippen molar-refractivity contribution in [3.8, 4) is 0 Å². The molecule has 1 fully saturated rings. The average Bonchev–Trinajstić information content (AvgIpc) is 2.64. The van der Waals surface area contributed by atoms with Crippen LogP contribution in [0.25, 0.3) is 0 Å². The number of aromatic nitrogens is 2. The maximum atomic E-state index is 12.5. The van der Waals surface area contributed by atoms with Gasteiger partial charge in [0.15, 0.2) is 0 Å². The number of halogens is 2. The Balaban J connectivity index is 2.16. The van der Waals surface area contributed by atoms with Gasteiger partial charge in [0.25, 0.3) is 0 Å². The summed E-state index contributed by atoms with van der Waals surface area (Å²) in [6.45, 7) is 3.12. The van der Waals surface area contributed by atoms with Gasteiger partial charge in [0.2, 0.25) is 0 Å². The fourth-order valence-corrected chi connectivity index (χ4v) is 2.07. The van der Waals surface area contributed by atoms with Gasteiger partial charge in [-0.3, -0.25) is 4.39 Å². The van der Waals surface area contributed by atoms with E-state index in [1.807, 2.05) is 0 Å². The molecule has 1 aromatic rings. The maximum absolute atomic E-state index is 12.5. The largest absolute Gasteiger partial charge is 0.356 e. The van der Waals surface area contributed by atoms with E-state index in [1.165, 1.54) is 0 Å². The Hall–Kier alpha value is -0.900. The van der Waals surface area contributed by atoms with Gasteiger partial charge in [0.1, 0.15) is 16.8 Å². The lowest BCUT2D eigenvalue weighted by Gasteiger charge is -2.17. The minimum absolute atomic E-state index is 0.138. The number of anilines is 1. The Bertz CT molecular complexity index is 338. The predicted molar refractivity (Wildman–Crippen MR) is 58.1 cm³/mol. The summed E-state index contributed by atoms with van der Waals surface area (Å²) >= 11 is 5.85. The molecule has 2 rings (SSSR count). The lowest BCUT2D eigenvalue weighted by Crippen LogP contribution is -2.21. The van der Waals surface area contributed by atoms with Crippen LogP contribution in [0.2, 0.25) is 5.15 Å². The molecule has 5 heteroatoms. The second-order valence-corrected chi connectivity index (χ2v) is 4.24. The molecule has 0 aromatic carbocycles. The molecule has 0 aliphatic carbocycles. The number of hydrogen-bond donors (Lipinski definition) is 0. The second kappa shape index (κ2) is 4.31. The fourth-order valence-electron chi connectivity index (χ4n) is 1.85. The SMILES string of the molecule is Cc1nc(Cl)cc(N2CC[C@H](CF)C2)n1. The van der Waals surface area contributed by atoms with E-state index < -0.39 is 0 Å². The van der Waals surface area contributed by atoms with E-state index in [9.17, 15) is 4.39 Å². The first-order valence-corrected chi connectivity index (χ1v) is 5.39. The molecule has 1 atom stereocenters. The van der Waals surface area contributed by atoms with Crippen LogP contribution in [0, 0.1) is 12.8 Å². The van der Waals surface area contributed by atoms with Crippen molar-refractivity contribution in [2.45, 2.75) is 13.3 Å². The summed E-state index contributed by atoms with van der Waals surface area (Å²) < 4.78 is 12.5. The van der Waals surface area contributed by atoms with Crippen LogP contribution in [-0.4, -0.2) is 29.7 Å². The molecule has 0 saturated carbocycles. The molecule has 0 unspecified atom stereocenters. The third kappa shape index (κ3) is 2.37. The number of aryl methyl sites for hydroxylation is 1. The van der Waals surface area contributed by atoms with Crippen LogP contribution in [0.3, 0.4) is 0 Å². The summed E-state index contributed by atoms with van der Waals surface area (Å²) in [6, 6.07) is 1.73. The molecule has 2 heterocycles. The van der Waals surface area contributed by atoms with Crippen molar-refractivity contribution < 1.29 is 4.39 Å². The first-order chi connectivity index (χ1) is 7.19. The van der Waals surface area contributed by atoms with Crippen molar-refractivity contribution in [1.82, 2.24) is 9.97 Å². The van der Waals surface area contributed by atoms with Crippen molar-refractivity contribution >= 4 is 17.4 Å². The van der Waals surface area contributed by atoms with Gasteiger partial charge in [-0.1, -0.05) is 11.6 Å². The molecule has 0 bridgehead atoms. The molecule has 1 aliphatic heterocycles. The zero-order chi connectivity index (χ0) is 10.8. The van der Waals surface area contributed by atoms with Crippen LogP contribution < -0.4 is 4.90 Å². The quantitative estimate of drug-likeness (QED) is 0.729. The minimum Gasteiger partial charge on any atom is -0.356 e. The van der Waals surface area contributed by atoms with Gasteiger partial charge in [-0.05, 0) is 13.3 Å². The highest BCUT2D eigenvalue weighted by Crippen LogP contribution is 2.23. The highest BCUT2D eigenvalue weighted by atomic mass is 35.5. The summed E-state index contributed by atoms with van der Waals surface area (Å²) in [6.07, 6.45) is 0.886. The number of hydrogen-bond acceptors (Lipinski definition) is 3. The van der Waals surface area contributed by atoms with Gasteiger partial charge in [-0.25, -0.2) is 9.97 Å². The number of nitrogens with zero attached hydrogens (tertiary/aromatic N) is 3. The number of rotatable bonds is 2. The molecular formula is C10H13ClFN3. The molecule has 1 aliphatic rings. The van der Waals surface area contributed by atoms with Crippen LogP contribution in [0.1, 0.15) is 12.2 Å². The Labute approximate surface area is 93.3 Å². The van der Waals surface area contributed by atoms with E-state index in [4.69, 9.17) is 11.6 Å². The minimum atomic E-state index is -0.256. The summed E-state index contributed by atoms with van der Waals surface area (Å²) in [5.74, 6) is 1.60. The standard InChI is InChI=1S/C10H13ClFN3/c1-7-13-9(11)4-10(14-7)15-3-2-8(5-12)6-15/h4,8H,2-3,5-6H2,1H3/t8-/m1/s1. The van der Waals surface area contributed by atoms with Crippen LogP contribution in [0.15, 0.2) is 6.07 Å². The third-order valence-electron chi connectivity index (χ3n) is 2.62.